The van der Waals surface area contributed by atoms with E-state index in [0.717, 1.165) is 32.1 Å². The lowest BCUT2D eigenvalue weighted by atomic mass is 9.96. The van der Waals surface area contributed by atoms with Crippen molar-refractivity contribution in [1.29, 1.82) is 0 Å². The Kier molecular flexibility index (Phi) is 11.6. The number of rotatable bonds is 5. The Balaban J connectivity index is 0.00000220. The highest BCUT2D eigenvalue weighted by molar-refractivity contribution is 9.11. The fourth-order valence-electron chi connectivity index (χ4n) is 2.79. The molecule has 0 aliphatic carbocycles. The second kappa shape index (κ2) is 11.3. The van der Waals surface area contributed by atoms with Crippen molar-refractivity contribution in [2.45, 2.75) is 32.7 Å². The van der Waals surface area contributed by atoms with Crippen molar-refractivity contribution in [3.63, 3.8) is 0 Å². The summed E-state index contributed by atoms with van der Waals surface area (Å²) in [5.74, 6) is 0.756. The lowest BCUT2D eigenvalue weighted by Crippen LogP contribution is -2.45. The van der Waals surface area contributed by atoms with Gasteiger partial charge < -0.3 is 5.32 Å². The van der Waals surface area contributed by atoms with Gasteiger partial charge >= 0.3 is 0 Å². The minimum Gasteiger partial charge on any atom is -0.314 e. The van der Waals surface area contributed by atoms with Crippen molar-refractivity contribution >= 4 is 56.7 Å². The molecule has 22 heavy (non-hydrogen) atoms. The van der Waals surface area contributed by atoms with Crippen LogP contribution in [0.3, 0.4) is 0 Å². The molecule has 0 radical (unpaired) electrons. The standard InChI is InChI=1S/C16H24Br2N2.2ClH/c1-12(2)3-6-16(20-9-7-19-8-10-20)14-11-13(17)4-5-15(14)18;;/h4-5,11-12,16,19H,3,6-10H2,1-2H3;2*1H/t16-;;/m1../s1. The van der Waals surface area contributed by atoms with E-state index in [1.165, 1.54) is 27.4 Å². The molecule has 1 atom stereocenters. The third kappa shape index (κ3) is 6.66. The molecule has 2 nitrogen and oxygen atoms in total. The average molecular weight is 477 g/mol. The number of nitrogens with one attached hydrogen (secondary N) is 1. The van der Waals surface area contributed by atoms with Gasteiger partial charge in [0.2, 0.25) is 0 Å². The summed E-state index contributed by atoms with van der Waals surface area (Å²) in [6.07, 6.45) is 2.50. The molecule has 1 aromatic carbocycles. The molecule has 2 rings (SSSR count). The van der Waals surface area contributed by atoms with E-state index in [4.69, 9.17) is 0 Å². The topological polar surface area (TPSA) is 15.3 Å². The van der Waals surface area contributed by atoms with E-state index in [9.17, 15) is 0 Å². The number of nitrogens with zero attached hydrogens (tertiary/aromatic N) is 1. The highest BCUT2D eigenvalue weighted by Crippen LogP contribution is 2.34. The van der Waals surface area contributed by atoms with Crippen LogP contribution in [0.25, 0.3) is 0 Å². The molecule has 0 saturated carbocycles. The van der Waals surface area contributed by atoms with Gasteiger partial charge in [-0.3, -0.25) is 4.90 Å². The van der Waals surface area contributed by atoms with Crippen molar-refractivity contribution in [3.05, 3.63) is 32.7 Å². The highest BCUT2D eigenvalue weighted by atomic mass is 79.9. The smallest absolute Gasteiger partial charge is 0.0360 e. The van der Waals surface area contributed by atoms with Crippen LogP contribution in [0.4, 0.5) is 0 Å². The summed E-state index contributed by atoms with van der Waals surface area (Å²) >= 11 is 7.36. The fourth-order valence-corrected chi connectivity index (χ4v) is 3.68. The molecule has 1 aliphatic rings. The molecular weight excluding hydrogens is 451 g/mol. The van der Waals surface area contributed by atoms with E-state index >= 15 is 0 Å². The van der Waals surface area contributed by atoms with Crippen LogP contribution in [0.5, 0.6) is 0 Å². The Morgan fingerprint density at radius 1 is 1.09 bits per heavy atom. The van der Waals surface area contributed by atoms with Gasteiger partial charge in [0.05, 0.1) is 0 Å². The summed E-state index contributed by atoms with van der Waals surface area (Å²) in [6, 6.07) is 7.05. The third-order valence-corrected chi connectivity index (χ3v) is 5.14. The van der Waals surface area contributed by atoms with E-state index in [1.807, 2.05) is 0 Å². The molecule has 128 valence electrons. The van der Waals surface area contributed by atoms with Crippen LogP contribution in [0.15, 0.2) is 27.1 Å². The Labute approximate surface area is 163 Å². The lowest BCUT2D eigenvalue weighted by Gasteiger charge is -2.36. The van der Waals surface area contributed by atoms with Crippen LogP contribution in [0, 0.1) is 5.92 Å². The zero-order chi connectivity index (χ0) is 14.5. The Morgan fingerprint density at radius 2 is 1.73 bits per heavy atom. The van der Waals surface area contributed by atoms with Gasteiger partial charge in [0.25, 0.3) is 0 Å². The van der Waals surface area contributed by atoms with E-state index in [-0.39, 0.29) is 24.8 Å². The van der Waals surface area contributed by atoms with Gasteiger partial charge in [-0.15, -0.1) is 24.8 Å². The molecule has 1 saturated heterocycles. The molecule has 1 aromatic rings. The molecule has 1 N–H and O–H groups in total. The number of halogens is 4. The summed E-state index contributed by atoms with van der Waals surface area (Å²) in [7, 11) is 0. The summed E-state index contributed by atoms with van der Waals surface area (Å²) in [6.45, 7) is 9.10. The lowest BCUT2D eigenvalue weighted by molar-refractivity contribution is 0.159. The molecule has 0 aromatic heterocycles. The van der Waals surface area contributed by atoms with E-state index in [1.54, 1.807) is 0 Å². The number of benzene rings is 1. The number of piperazine rings is 1. The van der Waals surface area contributed by atoms with Crippen LogP contribution < -0.4 is 5.32 Å². The maximum Gasteiger partial charge on any atom is 0.0360 e. The predicted octanol–water partition coefficient (Wildman–Crippen LogP) is 5.44. The van der Waals surface area contributed by atoms with Crippen LogP contribution in [0.1, 0.15) is 38.3 Å². The quantitative estimate of drug-likeness (QED) is 0.608. The van der Waals surface area contributed by atoms with Crippen molar-refractivity contribution < 1.29 is 0 Å². The average Bonchev–Trinajstić information content (AvgIpc) is 2.43. The van der Waals surface area contributed by atoms with Crippen molar-refractivity contribution in [2.75, 3.05) is 26.2 Å². The zero-order valence-electron chi connectivity index (χ0n) is 13.1. The largest absolute Gasteiger partial charge is 0.314 e. The van der Waals surface area contributed by atoms with Crippen molar-refractivity contribution in [3.8, 4) is 0 Å². The Bertz CT molecular complexity index is 438. The molecule has 0 amide bonds. The predicted molar refractivity (Wildman–Crippen MR) is 108 cm³/mol. The van der Waals surface area contributed by atoms with Gasteiger partial charge in [0, 0.05) is 41.2 Å². The zero-order valence-corrected chi connectivity index (χ0v) is 18.0. The fraction of sp³-hybridized carbons (Fsp3) is 0.625. The molecule has 1 aliphatic heterocycles. The molecular formula is C16H26Br2Cl2N2. The highest BCUT2D eigenvalue weighted by Gasteiger charge is 2.24. The first kappa shape index (κ1) is 22.7. The normalized spacial score (nSPS) is 16.8. The van der Waals surface area contributed by atoms with Crippen LogP contribution >= 0.6 is 56.7 Å². The van der Waals surface area contributed by atoms with Gasteiger partial charge in [-0.2, -0.15) is 0 Å². The maximum atomic E-state index is 3.74. The SMILES string of the molecule is CC(C)CC[C@H](c1cc(Br)ccc1Br)N1CCNCC1.Cl.Cl. The molecule has 0 spiro atoms. The molecule has 6 heteroatoms. The van der Waals surface area contributed by atoms with E-state index < -0.39 is 0 Å². The Morgan fingerprint density at radius 3 is 2.32 bits per heavy atom. The van der Waals surface area contributed by atoms with Gasteiger partial charge in [0.15, 0.2) is 0 Å². The number of hydrogen-bond donors (Lipinski definition) is 1. The summed E-state index contributed by atoms with van der Waals surface area (Å²) in [5.41, 5.74) is 1.42. The van der Waals surface area contributed by atoms with Gasteiger partial charge in [-0.05, 0) is 42.5 Å². The molecule has 0 bridgehead atoms. The van der Waals surface area contributed by atoms with Crippen molar-refractivity contribution in [1.82, 2.24) is 10.2 Å². The van der Waals surface area contributed by atoms with Gasteiger partial charge in [0.1, 0.15) is 0 Å². The van der Waals surface area contributed by atoms with E-state index in [2.05, 4.69) is 74.1 Å². The Hall–Kier alpha value is 0.680. The summed E-state index contributed by atoms with van der Waals surface area (Å²) in [4.78, 5) is 2.63. The van der Waals surface area contributed by atoms with Crippen molar-refractivity contribution in [2.24, 2.45) is 5.92 Å². The van der Waals surface area contributed by atoms with Crippen LogP contribution in [-0.2, 0) is 0 Å². The summed E-state index contributed by atoms with van der Waals surface area (Å²) in [5, 5.41) is 3.45. The molecule has 0 unspecified atom stereocenters. The minimum absolute atomic E-state index is 0. The maximum absolute atomic E-state index is 3.74. The minimum atomic E-state index is 0. The second-order valence-electron chi connectivity index (χ2n) is 5.94. The number of hydrogen-bond acceptors (Lipinski definition) is 2. The first-order valence-corrected chi connectivity index (χ1v) is 9.06. The van der Waals surface area contributed by atoms with Crippen LogP contribution in [0.2, 0.25) is 0 Å². The first-order chi connectivity index (χ1) is 9.58. The van der Waals surface area contributed by atoms with Gasteiger partial charge in [-0.1, -0.05) is 45.7 Å². The van der Waals surface area contributed by atoms with Crippen LogP contribution in [-0.4, -0.2) is 31.1 Å². The third-order valence-electron chi connectivity index (χ3n) is 3.93. The monoisotopic (exact) mass is 474 g/mol. The summed E-state index contributed by atoms with van der Waals surface area (Å²) < 4.78 is 2.40. The first-order valence-electron chi connectivity index (χ1n) is 7.47. The van der Waals surface area contributed by atoms with Gasteiger partial charge in [-0.25, -0.2) is 0 Å². The second-order valence-corrected chi connectivity index (χ2v) is 7.71. The van der Waals surface area contributed by atoms with E-state index in [0.29, 0.717) is 6.04 Å². The molecule has 1 heterocycles. The molecule has 1 fully saturated rings.